The average Bonchev–Trinajstić information content (AvgIpc) is 2.90. The Morgan fingerprint density at radius 1 is 1.35 bits per heavy atom. The lowest BCUT2D eigenvalue weighted by atomic mass is 10.2. The van der Waals surface area contributed by atoms with Crippen molar-refractivity contribution in [2.24, 2.45) is 5.10 Å². The Labute approximate surface area is 136 Å². The molecule has 23 heavy (non-hydrogen) atoms. The van der Waals surface area contributed by atoms with Gasteiger partial charge in [0.05, 0.1) is 23.3 Å². The molecule has 8 heteroatoms. The molecule has 0 saturated heterocycles. The molecule has 120 valence electrons. The van der Waals surface area contributed by atoms with Crippen LogP contribution in [0.15, 0.2) is 39.9 Å². The molecule has 0 unspecified atom stereocenters. The number of hydrogen-bond acceptors (Lipinski definition) is 4. The van der Waals surface area contributed by atoms with Crippen molar-refractivity contribution in [3.63, 3.8) is 0 Å². The Morgan fingerprint density at radius 3 is 2.78 bits per heavy atom. The minimum absolute atomic E-state index is 0.0332. The molecule has 0 radical (unpaired) electrons. The third kappa shape index (κ3) is 4.65. The van der Waals surface area contributed by atoms with Crippen LogP contribution in [0.25, 0.3) is 0 Å². The van der Waals surface area contributed by atoms with E-state index in [0.717, 1.165) is 6.07 Å². The SMILES string of the molecule is Cc1ccc(C=NNC(=O)CNC(=O)c2c(F)cccc2Cl)o1. The van der Waals surface area contributed by atoms with Gasteiger partial charge in [0.1, 0.15) is 17.3 Å². The number of benzene rings is 1. The topological polar surface area (TPSA) is 83.7 Å². The molecule has 0 aliphatic rings. The van der Waals surface area contributed by atoms with E-state index in [1.807, 2.05) is 0 Å². The van der Waals surface area contributed by atoms with Gasteiger partial charge >= 0.3 is 0 Å². The number of amides is 2. The molecule has 2 amide bonds. The quantitative estimate of drug-likeness (QED) is 0.648. The second kappa shape index (κ2) is 7.55. The minimum Gasteiger partial charge on any atom is -0.460 e. The third-order valence-electron chi connectivity index (χ3n) is 2.74. The molecule has 0 fully saturated rings. The van der Waals surface area contributed by atoms with Crippen LogP contribution in [0.4, 0.5) is 4.39 Å². The summed E-state index contributed by atoms with van der Waals surface area (Å²) in [4.78, 5) is 23.4. The smallest absolute Gasteiger partial charge is 0.259 e. The molecular weight excluding hydrogens is 325 g/mol. The monoisotopic (exact) mass is 337 g/mol. The molecule has 1 aromatic heterocycles. The molecule has 1 aromatic carbocycles. The van der Waals surface area contributed by atoms with Crippen molar-refractivity contribution in [2.45, 2.75) is 6.92 Å². The molecule has 2 aromatic rings. The Balaban J connectivity index is 1.84. The van der Waals surface area contributed by atoms with E-state index in [0.29, 0.717) is 11.5 Å². The van der Waals surface area contributed by atoms with Gasteiger partial charge < -0.3 is 9.73 Å². The predicted octanol–water partition coefficient (Wildman–Crippen LogP) is 2.26. The van der Waals surface area contributed by atoms with Crippen LogP contribution in [-0.4, -0.2) is 24.6 Å². The maximum absolute atomic E-state index is 13.5. The van der Waals surface area contributed by atoms with Crippen molar-refractivity contribution >= 4 is 29.6 Å². The summed E-state index contributed by atoms with van der Waals surface area (Å²) in [5, 5.41) is 5.90. The number of aryl methyl sites for hydroxylation is 1. The number of furan rings is 1. The first-order chi connectivity index (χ1) is 11.0. The zero-order valence-corrected chi connectivity index (χ0v) is 12.9. The number of carbonyl (C=O) groups is 2. The largest absolute Gasteiger partial charge is 0.460 e. The summed E-state index contributed by atoms with van der Waals surface area (Å²) in [6.45, 7) is 1.40. The standard InChI is InChI=1S/C15H13ClFN3O3/c1-9-5-6-10(23-9)7-19-20-13(21)8-18-15(22)14-11(16)3-2-4-12(14)17/h2-7H,8H2,1H3,(H,18,22)(H,20,21). The van der Waals surface area contributed by atoms with Gasteiger partial charge in [0, 0.05) is 0 Å². The number of hydrazone groups is 1. The fraction of sp³-hybridized carbons (Fsp3) is 0.133. The van der Waals surface area contributed by atoms with E-state index < -0.39 is 17.6 Å². The van der Waals surface area contributed by atoms with Crippen LogP contribution in [0.2, 0.25) is 5.02 Å². The summed E-state index contributed by atoms with van der Waals surface area (Å²) in [7, 11) is 0. The summed E-state index contributed by atoms with van der Waals surface area (Å²) < 4.78 is 18.8. The maximum atomic E-state index is 13.5. The number of halogens is 2. The summed E-state index contributed by atoms with van der Waals surface area (Å²) in [6.07, 6.45) is 1.32. The van der Waals surface area contributed by atoms with Crippen LogP contribution in [0.3, 0.4) is 0 Å². The summed E-state index contributed by atoms with van der Waals surface area (Å²) in [5.74, 6) is -0.933. The highest BCUT2D eigenvalue weighted by molar-refractivity contribution is 6.33. The highest BCUT2D eigenvalue weighted by Crippen LogP contribution is 2.18. The highest BCUT2D eigenvalue weighted by Gasteiger charge is 2.16. The number of nitrogens with zero attached hydrogens (tertiary/aromatic N) is 1. The van der Waals surface area contributed by atoms with Crippen molar-refractivity contribution in [1.82, 2.24) is 10.7 Å². The second-order valence-corrected chi connectivity index (χ2v) is 4.93. The predicted molar refractivity (Wildman–Crippen MR) is 82.9 cm³/mol. The zero-order chi connectivity index (χ0) is 16.8. The van der Waals surface area contributed by atoms with Gasteiger partial charge in [-0.1, -0.05) is 17.7 Å². The number of rotatable bonds is 5. The van der Waals surface area contributed by atoms with E-state index >= 15 is 0 Å². The fourth-order valence-corrected chi connectivity index (χ4v) is 1.94. The van der Waals surface area contributed by atoms with Gasteiger partial charge in [0.15, 0.2) is 0 Å². The number of hydrogen-bond donors (Lipinski definition) is 2. The van der Waals surface area contributed by atoms with Gasteiger partial charge in [-0.25, -0.2) is 9.82 Å². The van der Waals surface area contributed by atoms with Gasteiger partial charge in [-0.2, -0.15) is 5.10 Å². The number of nitrogens with one attached hydrogen (secondary N) is 2. The molecule has 1 heterocycles. The van der Waals surface area contributed by atoms with E-state index in [2.05, 4.69) is 15.8 Å². The Hall–Kier alpha value is -2.67. The lowest BCUT2D eigenvalue weighted by Gasteiger charge is -2.06. The summed E-state index contributed by atoms with van der Waals surface area (Å²) in [6, 6.07) is 7.31. The average molecular weight is 338 g/mol. The molecular formula is C15H13ClFN3O3. The van der Waals surface area contributed by atoms with Crippen molar-refractivity contribution in [2.75, 3.05) is 6.54 Å². The van der Waals surface area contributed by atoms with Crippen LogP contribution in [0.5, 0.6) is 0 Å². The van der Waals surface area contributed by atoms with Gasteiger partial charge in [-0.3, -0.25) is 9.59 Å². The van der Waals surface area contributed by atoms with Gasteiger partial charge in [0.25, 0.3) is 11.8 Å². The minimum atomic E-state index is -0.783. The lowest BCUT2D eigenvalue weighted by Crippen LogP contribution is -2.35. The van der Waals surface area contributed by atoms with E-state index in [9.17, 15) is 14.0 Å². The lowest BCUT2D eigenvalue weighted by molar-refractivity contribution is -0.120. The van der Waals surface area contributed by atoms with Crippen molar-refractivity contribution < 1.29 is 18.4 Å². The summed E-state index contributed by atoms with van der Waals surface area (Å²) in [5.41, 5.74) is 1.90. The molecule has 0 bridgehead atoms. The van der Waals surface area contributed by atoms with E-state index in [1.165, 1.54) is 18.3 Å². The highest BCUT2D eigenvalue weighted by atomic mass is 35.5. The van der Waals surface area contributed by atoms with Crippen LogP contribution >= 0.6 is 11.6 Å². The van der Waals surface area contributed by atoms with Crippen molar-refractivity contribution in [3.05, 3.63) is 58.3 Å². The Kier molecular flexibility index (Phi) is 5.48. The molecule has 2 N–H and O–H groups in total. The van der Waals surface area contributed by atoms with Gasteiger partial charge in [-0.15, -0.1) is 0 Å². The second-order valence-electron chi connectivity index (χ2n) is 4.52. The molecule has 2 rings (SSSR count). The molecule has 0 saturated carbocycles. The van der Waals surface area contributed by atoms with E-state index in [1.54, 1.807) is 19.1 Å². The first kappa shape index (κ1) is 16.7. The fourth-order valence-electron chi connectivity index (χ4n) is 1.69. The first-order valence-corrected chi connectivity index (χ1v) is 6.95. The third-order valence-corrected chi connectivity index (χ3v) is 3.06. The molecule has 6 nitrogen and oxygen atoms in total. The molecule has 0 aliphatic heterocycles. The maximum Gasteiger partial charge on any atom is 0.259 e. The molecule has 0 aliphatic carbocycles. The number of carbonyl (C=O) groups excluding carboxylic acids is 2. The normalized spacial score (nSPS) is 10.7. The molecule has 0 spiro atoms. The van der Waals surface area contributed by atoms with Crippen LogP contribution in [0.1, 0.15) is 21.9 Å². The summed E-state index contributed by atoms with van der Waals surface area (Å²) >= 11 is 5.76. The van der Waals surface area contributed by atoms with E-state index in [-0.39, 0.29) is 17.1 Å². The van der Waals surface area contributed by atoms with Crippen LogP contribution in [0, 0.1) is 12.7 Å². The zero-order valence-electron chi connectivity index (χ0n) is 12.1. The van der Waals surface area contributed by atoms with Crippen molar-refractivity contribution in [3.8, 4) is 0 Å². The first-order valence-electron chi connectivity index (χ1n) is 6.58. The molecule has 0 atom stereocenters. The van der Waals surface area contributed by atoms with E-state index in [4.69, 9.17) is 16.0 Å². The van der Waals surface area contributed by atoms with Crippen LogP contribution < -0.4 is 10.7 Å². The van der Waals surface area contributed by atoms with Crippen LogP contribution in [-0.2, 0) is 4.79 Å². The Morgan fingerprint density at radius 2 is 2.13 bits per heavy atom. The van der Waals surface area contributed by atoms with Crippen molar-refractivity contribution in [1.29, 1.82) is 0 Å². The van der Waals surface area contributed by atoms with Gasteiger partial charge in [0.2, 0.25) is 0 Å². The van der Waals surface area contributed by atoms with Gasteiger partial charge in [-0.05, 0) is 31.2 Å². The Bertz CT molecular complexity index is 738.